The molecule has 1 aliphatic heterocycles. The lowest BCUT2D eigenvalue weighted by Gasteiger charge is -2.45. The number of ether oxygens (including phenoxy) is 1. The van der Waals surface area contributed by atoms with Crippen molar-refractivity contribution in [3.63, 3.8) is 0 Å². The van der Waals surface area contributed by atoms with Crippen LogP contribution in [0.3, 0.4) is 0 Å². The fraction of sp³-hybridized carbons (Fsp3) is 1.00. The zero-order valence-electron chi connectivity index (χ0n) is 12.7. The summed E-state index contributed by atoms with van der Waals surface area (Å²) in [4.78, 5) is 0. The first-order valence-corrected chi connectivity index (χ1v) is 7.98. The molecular formula is C16H31NO. The Labute approximate surface area is 113 Å². The van der Waals surface area contributed by atoms with Gasteiger partial charge in [-0.2, -0.15) is 0 Å². The van der Waals surface area contributed by atoms with E-state index in [2.05, 4.69) is 33.0 Å². The van der Waals surface area contributed by atoms with E-state index in [1.165, 1.54) is 25.7 Å². The predicted molar refractivity (Wildman–Crippen MR) is 76.8 cm³/mol. The first kappa shape index (κ1) is 14.3. The Bertz CT molecular complexity index is 254. The summed E-state index contributed by atoms with van der Waals surface area (Å²) < 4.78 is 6.05. The number of nitrogens with one attached hydrogen (secondary N) is 1. The molecule has 0 radical (unpaired) electrons. The summed E-state index contributed by atoms with van der Waals surface area (Å²) in [5, 5.41) is 3.88. The van der Waals surface area contributed by atoms with Gasteiger partial charge in [0.1, 0.15) is 0 Å². The van der Waals surface area contributed by atoms with Crippen molar-refractivity contribution >= 4 is 0 Å². The second-order valence-corrected chi connectivity index (χ2v) is 6.77. The highest BCUT2D eigenvalue weighted by Crippen LogP contribution is 2.36. The third-order valence-electron chi connectivity index (χ3n) is 5.37. The van der Waals surface area contributed by atoms with Crippen LogP contribution in [0.5, 0.6) is 0 Å². The van der Waals surface area contributed by atoms with Crippen molar-refractivity contribution < 1.29 is 4.74 Å². The molecule has 2 rings (SSSR count). The molecular weight excluding hydrogens is 222 g/mol. The second-order valence-electron chi connectivity index (χ2n) is 6.77. The molecule has 0 aromatic carbocycles. The van der Waals surface area contributed by atoms with Gasteiger partial charge >= 0.3 is 0 Å². The lowest BCUT2D eigenvalue weighted by Crippen LogP contribution is -2.53. The van der Waals surface area contributed by atoms with E-state index < -0.39 is 0 Å². The summed E-state index contributed by atoms with van der Waals surface area (Å²) in [6.45, 7) is 10.2. The predicted octanol–water partition coefficient (Wildman–Crippen LogP) is 3.75. The van der Waals surface area contributed by atoms with Crippen LogP contribution >= 0.6 is 0 Å². The Hall–Kier alpha value is -0.0800. The fourth-order valence-electron chi connectivity index (χ4n) is 3.59. The monoisotopic (exact) mass is 253 g/mol. The van der Waals surface area contributed by atoms with Crippen molar-refractivity contribution in [1.82, 2.24) is 5.32 Å². The van der Waals surface area contributed by atoms with Crippen LogP contribution in [-0.2, 0) is 4.74 Å². The maximum atomic E-state index is 6.05. The van der Waals surface area contributed by atoms with Gasteiger partial charge in [0, 0.05) is 18.7 Å². The summed E-state index contributed by atoms with van der Waals surface area (Å²) >= 11 is 0. The highest BCUT2D eigenvalue weighted by molar-refractivity contribution is 4.93. The summed E-state index contributed by atoms with van der Waals surface area (Å²) in [6.07, 6.45) is 7.50. The summed E-state index contributed by atoms with van der Waals surface area (Å²) in [6, 6.07) is 1.48. The Kier molecular flexibility index (Phi) is 4.71. The van der Waals surface area contributed by atoms with Gasteiger partial charge in [-0.15, -0.1) is 0 Å². The molecule has 0 spiro atoms. The number of hydrogen-bond donors (Lipinski definition) is 1. The molecule has 106 valence electrons. The molecule has 18 heavy (non-hydrogen) atoms. The topological polar surface area (TPSA) is 21.3 Å². The van der Waals surface area contributed by atoms with Crippen LogP contribution in [0.15, 0.2) is 0 Å². The van der Waals surface area contributed by atoms with Crippen molar-refractivity contribution in [1.29, 1.82) is 0 Å². The second kappa shape index (κ2) is 5.92. The molecule has 0 aromatic rings. The van der Waals surface area contributed by atoms with E-state index in [4.69, 9.17) is 4.74 Å². The Morgan fingerprint density at radius 2 is 1.83 bits per heavy atom. The molecule has 0 bridgehead atoms. The van der Waals surface area contributed by atoms with Crippen molar-refractivity contribution in [2.24, 2.45) is 11.8 Å². The van der Waals surface area contributed by atoms with Gasteiger partial charge in [0.25, 0.3) is 0 Å². The van der Waals surface area contributed by atoms with Gasteiger partial charge in [-0.05, 0) is 50.4 Å². The van der Waals surface area contributed by atoms with E-state index in [-0.39, 0.29) is 5.60 Å². The van der Waals surface area contributed by atoms with E-state index >= 15 is 0 Å². The molecule has 1 atom stereocenters. The summed E-state index contributed by atoms with van der Waals surface area (Å²) in [5.41, 5.74) is 0.164. The standard InChI is InChI=1S/C16H31NO/c1-5-16(6-2)11-14(7-8-18-16)17-15-9-13(10-15)12(3)4/h12-15,17H,5-11H2,1-4H3. The van der Waals surface area contributed by atoms with Crippen LogP contribution in [0.4, 0.5) is 0 Å². The molecule has 1 N–H and O–H groups in total. The Morgan fingerprint density at radius 3 is 2.39 bits per heavy atom. The minimum Gasteiger partial charge on any atom is -0.375 e. The number of hydrogen-bond acceptors (Lipinski definition) is 2. The van der Waals surface area contributed by atoms with Crippen molar-refractivity contribution in [2.45, 2.75) is 83.9 Å². The molecule has 1 aliphatic carbocycles. The normalized spacial score (nSPS) is 35.5. The van der Waals surface area contributed by atoms with Gasteiger partial charge in [-0.25, -0.2) is 0 Å². The molecule has 0 aromatic heterocycles. The molecule has 1 unspecified atom stereocenters. The van der Waals surface area contributed by atoms with Crippen LogP contribution in [0.25, 0.3) is 0 Å². The van der Waals surface area contributed by atoms with E-state index in [1.54, 1.807) is 0 Å². The maximum Gasteiger partial charge on any atom is 0.0692 e. The SMILES string of the molecule is CCC1(CC)CC(NC2CC(C(C)C)C2)CCO1. The highest BCUT2D eigenvalue weighted by Gasteiger charge is 2.37. The highest BCUT2D eigenvalue weighted by atomic mass is 16.5. The quantitative estimate of drug-likeness (QED) is 0.805. The van der Waals surface area contributed by atoms with Gasteiger partial charge in [-0.1, -0.05) is 27.7 Å². The summed E-state index contributed by atoms with van der Waals surface area (Å²) in [7, 11) is 0. The van der Waals surface area contributed by atoms with E-state index in [0.717, 1.165) is 37.3 Å². The maximum absolute atomic E-state index is 6.05. The Balaban J connectivity index is 1.77. The molecule has 0 amide bonds. The van der Waals surface area contributed by atoms with E-state index in [1.807, 2.05) is 0 Å². The van der Waals surface area contributed by atoms with Crippen molar-refractivity contribution in [3.8, 4) is 0 Å². The van der Waals surface area contributed by atoms with Gasteiger partial charge in [0.05, 0.1) is 5.60 Å². The first-order chi connectivity index (χ1) is 8.58. The third kappa shape index (κ3) is 3.08. The first-order valence-electron chi connectivity index (χ1n) is 7.98. The fourth-order valence-corrected chi connectivity index (χ4v) is 3.59. The minimum absolute atomic E-state index is 0.164. The molecule has 2 fully saturated rings. The average Bonchev–Trinajstić information content (AvgIpc) is 2.33. The molecule has 1 saturated heterocycles. The zero-order valence-corrected chi connectivity index (χ0v) is 12.7. The van der Waals surface area contributed by atoms with Crippen LogP contribution < -0.4 is 5.32 Å². The molecule has 2 aliphatic rings. The van der Waals surface area contributed by atoms with Gasteiger partial charge in [-0.3, -0.25) is 0 Å². The number of rotatable bonds is 5. The van der Waals surface area contributed by atoms with Crippen LogP contribution in [0, 0.1) is 11.8 Å². The lowest BCUT2D eigenvalue weighted by molar-refractivity contribution is -0.0958. The van der Waals surface area contributed by atoms with Gasteiger partial charge < -0.3 is 10.1 Å². The zero-order chi connectivity index (χ0) is 13.2. The van der Waals surface area contributed by atoms with Crippen molar-refractivity contribution in [3.05, 3.63) is 0 Å². The average molecular weight is 253 g/mol. The van der Waals surface area contributed by atoms with Crippen LogP contribution in [0.2, 0.25) is 0 Å². The lowest BCUT2D eigenvalue weighted by atomic mass is 9.73. The van der Waals surface area contributed by atoms with Crippen LogP contribution in [-0.4, -0.2) is 24.3 Å². The largest absolute Gasteiger partial charge is 0.375 e. The molecule has 2 heteroatoms. The Morgan fingerprint density at radius 1 is 1.17 bits per heavy atom. The van der Waals surface area contributed by atoms with Crippen LogP contribution in [0.1, 0.15) is 66.2 Å². The van der Waals surface area contributed by atoms with E-state index in [0.29, 0.717) is 6.04 Å². The summed E-state index contributed by atoms with van der Waals surface area (Å²) in [5.74, 6) is 1.83. The molecule has 1 saturated carbocycles. The molecule has 2 nitrogen and oxygen atoms in total. The smallest absolute Gasteiger partial charge is 0.0692 e. The van der Waals surface area contributed by atoms with Gasteiger partial charge in [0.2, 0.25) is 0 Å². The third-order valence-corrected chi connectivity index (χ3v) is 5.37. The van der Waals surface area contributed by atoms with Crippen molar-refractivity contribution in [2.75, 3.05) is 6.61 Å². The van der Waals surface area contributed by atoms with Gasteiger partial charge in [0.15, 0.2) is 0 Å². The molecule has 1 heterocycles. The van der Waals surface area contributed by atoms with E-state index in [9.17, 15) is 0 Å². The minimum atomic E-state index is 0.164.